The van der Waals surface area contributed by atoms with Crippen LogP contribution >= 0.6 is 0 Å². The number of hydrogen-bond donors (Lipinski definition) is 2. The van der Waals surface area contributed by atoms with Crippen molar-refractivity contribution in [3.63, 3.8) is 0 Å². The van der Waals surface area contributed by atoms with E-state index >= 15 is 0 Å². The van der Waals surface area contributed by atoms with Crippen molar-refractivity contribution in [1.82, 2.24) is 0 Å². The number of phenolic OH excluding ortho intramolecular Hbond substituents is 2. The van der Waals surface area contributed by atoms with Crippen LogP contribution in [0.5, 0.6) is 28.7 Å². The second-order valence-corrected chi connectivity index (χ2v) is 18.6. The molecule has 0 aromatic heterocycles. The summed E-state index contributed by atoms with van der Waals surface area (Å²) in [5.74, 6) is 2.42. The molecule has 0 atom stereocenters. The Kier molecular flexibility index (Phi) is 13.1. The van der Waals surface area contributed by atoms with Gasteiger partial charge in [-0.1, -0.05) is 127 Å². The van der Waals surface area contributed by atoms with E-state index in [0.717, 1.165) is 40.8 Å². The molecule has 54 heavy (non-hydrogen) atoms. The lowest BCUT2D eigenvalue weighted by molar-refractivity contribution is 0.303. The van der Waals surface area contributed by atoms with Crippen LogP contribution in [-0.4, -0.2) is 29.2 Å². The van der Waals surface area contributed by atoms with Gasteiger partial charge in [-0.15, -0.1) is 0 Å². The number of aromatic hydroxyl groups is 2. The van der Waals surface area contributed by atoms with Gasteiger partial charge < -0.3 is 19.7 Å². The Hall–Kier alpha value is -4.58. The molecular weight excluding hydrogens is 669 g/mol. The fraction of sp³-hybridized carbons (Fsp3) is 0.458. The molecule has 0 bridgehead atoms. The SMILES string of the molecule is CCCCCCOc1cccc(Oc2ccc(N=Cc3cc(C(C)(C)C)cc(C(C)(C)C)c3O)c(N=Cc3cc(C(C)(C)C)cc(C(C)(C)C)c3O)c2)c1. The van der Waals surface area contributed by atoms with E-state index in [0.29, 0.717) is 40.6 Å². The van der Waals surface area contributed by atoms with Crippen LogP contribution in [0.25, 0.3) is 0 Å². The van der Waals surface area contributed by atoms with E-state index in [1.54, 1.807) is 12.4 Å². The highest BCUT2D eigenvalue weighted by Crippen LogP contribution is 2.40. The number of phenols is 2. The second kappa shape index (κ2) is 16.8. The van der Waals surface area contributed by atoms with Gasteiger partial charge in [-0.2, -0.15) is 0 Å². The molecule has 4 aromatic carbocycles. The average molecular weight is 733 g/mol. The molecule has 0 amide bonds. The lowest BCUT2D eigenvalue weighted by atomic mass is 9.79. The molecule has 0 spiro atoms. The maximum absolute atomic E-state index is 11.5. The van der Waals surface area contributed by atoms with Crippen molar-refractivity contribution in [1.29, 1.82) is 0 Å². The minimum absolute atomic E-state index is 0.127. The topological polar surface area (TPSA) is 83.6 Å². The first-order valence-corrected chi connectivity index (χ1v) is 19.5. The van der Waals surface area contributed by atoms with Crippen LogP contribution in [0.3, 0.4) is 0 Å². The Morgan fingerprint density at radius 2 is 1.04 bits per heavy atom. The summed E-state index contributed by atoms with van der Waals surface area (Å²) in [7, 11) is 0. The van der Waals surface area contributed by atoms with Crippen LogP contribution < -0.4 is 9.47 Å². The van der Waals surface area contributed by atoms with Crippen molar-refractivity contribution in [2.75, 3.05) is 6.61 Å². The van der Waals surface area contributed by atoms with Crippen molar-refractivity contribution in [2.24, 2.45) is 9.98 Å². The van der Waals surface area contributed by atoms with Gasteiger partial charge in [-0.25, -0.2) is 0 Å². The summed E-state index contributed by atoms with van der Waals surface area (Å²) in [5, 5.41) is 23.0. The van der Waals surface area contributed by atoms with Crippen molar-refractivity contribution in [3.05, 3.63) is 100 Å². The average Bonchev–Trinajstić information content (AvgIpc) is 3.06. The number of ether oxygens (including phenoxy) is 2. The summed E-state index contributed by atoms with van der Waals surface area (Å²) < 4.78 is 12.4. The molecule has 0 radical (unpaired) electrons. The van der Waals surface area contributed by atoms with E-state index < -0.39 is 0 Å². The van der Waals surface area contributed by atoms with E-state index in [9.17, 15) is 10.2 Å². The summed E-state index contributed by atoms with van der Waals surface area (Å²) in [6.07, 6.45) is 7.99. The Balaban J connectivity index is 1.81. The zero-order valence-electron chi connectivity index (χ0n) is 35.1. The molecule has 0 aliphatic rings. The van der Waals surface area contributed by atoms with Crippen LogP contribution in [0.15, 0.2) is 76.7 Å². The molecular formula is C48H64N2O4. The first-order valence-electron chi connectivity index (χ1n) is 19.5. The quantitative estimate of drug-likeness (QED) is 0.112. The number of aliphatic imine (C=N–C) groups is 2. The Morgan fingerprint density at radius 3 is 1.54 bits per heavy atom. The van der Waals surface area contributed by atoms with Crippen LogP contribution in [0.4, 0.5) is 11.4 Å². The van der Waals surface area contributed by atoms with Crippen molar-refractivity contribution < 1.29 is 19.7 Å². The van der Waals surface area contributed by atoms with Gasteiger partial charge in [0.05, 0.1) is 18.0 Å². The van der Waals surface area contributed by atoms with Crippen molar-refractivity contribution >= 4 is 23.8 Å². The van der Waals surface area contributed by atoms with Gasteiger partial charge in [0.2, 0.25) is 0 Å². The molecule has 6 heteroatoms. The number of unbranched alkanes of at least 4 members (excludes halogenated alkanes) is 3. The van der Waals surface area contributed by atoms with Gasteiger partial charge >= 0.3 is 0 Å². The lowest BCUT2D eigenvalue weighted by Gasteiger charge is -2.27. The van der Waals surface area contributed by atoms with Crippen LogP contribution in [0.2, 0.25) is 0 Å². The molecule has 0 aliphatic carbocycles. The fourth-order valence-corrected chi connectivity index (χ4v) is 6.06. The third-order valence-electron chi connectivity index (χ3n) is 9.57. The zero-order valence-corrected chi connectivity index (χ0v) is 35.1. The van der Waals surface area contributed by atoms with Crippen LogP contribution in [0.1, 0.15) is 149 Å². The minimum Gasteiger partial charge on any atom is -0.507 e. The van der Waals surface area contributed by atoms with E-state index in [1.165, 1.54) is 12.8 Å². The Bertz CT molecular complexity index is 1960. The fourth-order valence-electron chi connectivity index (χ4n) is 6.06. The maximum atomic E-state index is 11.5. The monoisotopic (exact) mass is 732 g/mol. The van der Waals surface area contributed by atoms with Gasteiger partial charge in [0.25, 0.3) is 0 Å². The summed E-state index contributed by atoms with van der Waals surface area (Å²) in [6.45, 7) is 28.5. The largest absolute Gasteiger partial charge is 0.507 e. The van der Waals surface area contributed by atoms with Crippen molar-refractivity contribution in [3.8, 4) is 28.7 Å². The predicted octanol–water partition coefficient (Wildman–Crippen LogP) is 13.5. The predicted molar refractivity (Wildman–Crippen MR) is 228 cm³/mol. The number of nitrogens with zero attached hydrogens (tertiary/aromatic N) is 2. The zero-order chi connectivity index (χ0) is 40.1. The molecule has 6 nitrogen and oxygen atoms in total. The highest BCUT2D eigenvalue weighted by molar-refractivity contribution is 5.91. The molecule has 2 N–H and O–H groups in total. The summed E-state index contributed by atoms with van der Waals surface area (Å²) in [4.78, 5) is 9.86. The molecule has 0 saturated heterocycles. The standard InChI is InChI=1S/C48H64N2O4/c1-14-15-16-17-23-53-36-19-18-20-37(28-36)54-38-21-22-41(49-30-32-24-34(45(2,3)4)26-39(43(32)51)47(8,9)10)42(29-38)50-31-33-25-35(46(5,6)7)27-40(44(33)52)48(11,12)13/h18-22,24-31,51-52H,14-17,23H2,1-13H3. The normalized spacial score (nSPS) is 12.9. The summed E-state index contributed by atoms with van der Waals surface area (Å²) >= 11 is 0. The third-order valence-corrected chi connectivity index (χ3v) is 9.57. The lowest BCUT2D eigenvalue weighted by Crippen LogP contribution is -2.17. The molecule has 0 aliphatic heterocycles. The summed E-state index contributed by atoms with van der Waals surface area (Å²) in [6, 6.07) is 21.5. The molecule has 0 unspecified atom stereocenters. The van der Waals surface area contributed by atoms with Crippen LogP contribution in [-0.2, 0) is 21.7 Å². The summed E-state index contributed by atoms with van der Waals surface area (Å²) in [5.41, 5.74) is 5.55. The number of hydrogen-bond acceptors (Lipinski definition) is 6. The number of benzene rings is 4. The van der Waals surface area contributed by atoms with Gasteiger partial charge in [0, 0.05) is 46.8 Å². The van der Waals surface area contributed by atoms with Gasteiger partial charge in [-0.05, 0) is 75.6 Å². The van der Waals surface area contributed by atoms with E-state index in [4.69, 9.17) is 19.5 Å². The van der Waals surface area contributed by atoms with E-state index in [1.807, 2.05) is 54.6 Å². The first-order chi connectivity index (χ1) is 25.1. The smallest absolute Gasteiger partial charge is 0.131 e. The number of rotatable bonds is 12. The molecule has 0 fully saturated rings. The molecule has 4 rings (SSSR count). The Morgan fingerprint density at radius 1 is 0.537 bits per heavy atom. The molecule has 4 aromatic rings. The van der Waals surface area contributed by atoms with Gasteiger partial charge in [0.15, 0.2) is 0 Å². The second-order valence-electron chi connectivity index (χ2n) is 18.6. The van der Waals surface area contributed by atoms with Crippen molar-refractivity contribution in [2.45, 2.75) is 137 Å². The van der Waals surface area contributed by atoms with Crippen LogP contribution in [0, 0.1) is 0 Å². The Labute approximate surface area is 325 Å². The highest BCUT2D eigenvalue weighted by Gasteiger charge is 2.26. The molecule has 0 heterocycles. The molecule has 0 saturated carbocycles. The van der Waals surface area contributed by atoms with E-state index in [2.05, 4.69) is 102 Å². The third kappa shape index (κ3) is 11.2. The first kappa shape index (κ1) is 42.2. The maximum Gasteiger partial charge on any atom is 0.131 e. The van der Waals surface area contributed by atoms with Gasteiger partial charge in [0.1, 0.15) is 28.7 Å². The minimum atomic E-state index is -0.277. The molecule has 290 valence electrons. The van der Waals surface area contributed by atoms with E-state index in [-0.39, 0.29) is 33.2 Å². The van der Waals surface area contributed by atoms with Gasteiger partial charge in [-0.3, -0.25) is 9.98 Å². The highest BCUT2D eigenvalue weighted by atomic mass is 16.5.